The lowest BCUT2D eigenvalue weighted by Gasteiger charge is -2.15. The molecule has 0 amide bonds. The Labute approximate surface area is 84.8 Å². The van der Waals surface area contributed by atoms with E-state index < -0.39 is 0 Å². The molecule has 0 saturated heterocycles. The molecule has 0 saturated carbocycles. The van der Waals surface area contributed by atoms with Gasteiger partial charge in [-0.2, -0.15) is 5.10 Å². The van der Waals surface area contributed by atoms with Crippen LogP contribution >= 0.6 is 0 Å². The maximum absolute atomic E-state index is 4.31. The third kappa shape index (κ3) is 1.62. The van der Waals surface area contributed by atoms with Crippen LogP contribution in [-0.2, 0) is 5.41 Å². The van der Waals surface area contributed by atoms with E-state index in [0.29, 0.717) is 0 Å². The Morgan fingerprint density at radius 3 is 2.64 bits per heavy atom. The molecule has 76 valence electrons. The van der Waals surface area contributed by atoms with E-state index in [9.17, 15) is 0 Å². The Morgan fingerprint density at radius 1 is 1.29 bits per heavy atom. The molecule has 0 aromatic carbocycles. The lowest BCUT2D eigenvalue weighted by molar-refractivity contribution is 0.594. The average Bonchev–Trinajstić information content (AvgIpc) is 2.45. The Kier molecular flexibility index (Phi) is 2.60. The predicted molar refractivity (Wildman–Crippen MR) is 58.4 cm³/mol. The molecular formula is C11H17N3. The van der Waals surface area contributed by atoms with Crippen molar-refractivity contribution in [1.82, 2.24) is 14.6 Å². The van der Waals surface area contributed by atoms with Gasteiger partial charge in [-0.15, -0.1) is 0 Å². The van der Waals surface area contributed by atoms with Gasteiger partial charge in [0.25, 0.3) is 0 Å². The van der Waals surface area contributed by atoms with Gasteiger partial charge in [-0.25, -0.2) is 9.50 Å². The lowest BCUT2D eigenvalue weighted by Crippen LogP contribution is -2.10. The van der Waals surface area contributed by atoms with Crippen molar-refractivity contribution < 1.29 is 0 Å². The van der Waals surface area contributed by atoms with Crippen molar-refractivity contribution in [2.75, 3.05) is 0 Å². The highest BCUT2D eigenvalue weighted by atomic mass is 15.2. The summed E-state index contributed by atoms with van der Waals surface area (Å²) in [6.07, 6.45) is 5.60. The fraction of sp³-hybridized carbons (Fsp3) is 0.455. The van der Waals surface area contributed by atoms with Crippen LogP contribution in [0, 0.1) is 0 Å². The Hall–Kier alpha value is -1.38. The van der Waals surface area contributed by atoms with Gasteiger partial charge >= 0.3 is 0 Å². The van der Waals surface area contributed by atoms with Gasteiger partial charge in [0.05, 0.1) is 6.20 Å². The Morgan fingerprint density at radius 2 is 2.00 bits per heavy atom. The molecule has 0 fully saturated rings. The van der Waals surface area contributed by atoms with Crippen molar-refractivity contribution in [2.24, 2.45) is 0 Å². The normalized spacial score (nSPS) is 11.4. The van der Waals surface area contributed by atoms with Crippen LogP contribution in [0.5, 0.6) is 0 Å². The number of nitrogens with zero attached hydrogens (tertiary/aromatic N) is 3. The number of rotatable bonds is 0. The monoisotopic (exact) mass is 191 g/mol. The first-order valence-electron chi connectivity index (χ1n) is 4.38. The smallest absolute Gasteiger partial charge is 0.158 e. The minimum absolute atomic E-state index is 0. The Balaban J connectivity index is 0.000000980. The summed E-state index contributed by atoms with van der Waals surface area (Å²) in [5, 5.41) is 4.24. The molecule has 0 atom stereocenters. The summed E-state index contributed by atoms with van der Waals surface area (Å²) in [6.45, 7) is 6.50. The molecule has 2 heterocycles. The summed E-state index contributed by atoms with van der Waals surface area (Å²) in [5.74, 6) is 0. The van der Waals surface area contributed by atoms with Gasteiger partial charge in [0.2, 0.25) is 0 Å². The molecule has 0 aliphatic rings. The topological polar surface area (TPSA) is 30.2 Å². The third-order valence-corrected chi connectivity index (χ3v) is 2.09. The van der Waals surface area contributed by atoms with Gasteiger partial charge in [-0.05, 0) is 11.5 Å². The fourth-order valence-corrected chi connectivity index (χ4v) is 1.36. The molecule has 0 spiro atoms. The van der Waals surface area contributed by atoms with Gasteiger partial charge in [-0.1, -0.05) is 28.2 Å². The summed E-state index contributed by atoms with van der Waals surface area (Å²) >= 11 is 0. The van der Waals surface area contributed by atoms with Crippen LogP contribution in [0.4, 0.5) is 0 Å². The first kappa shape index (κ1) is 10.7. The van der Waals surface area contributed by atoms with Crippen molar-refractivity contribution in [3.63, 3.8) is 0 Å². The second kappa shape index (κ2) is 3.40. The molecule has 0 radical (unpaired) electrons. The summed E-state index contributed by atoms with van der Waals surface area (Å²) in [6, 6.07) is 1.88. The second-order valence-electron chi connectivity index (χ2n) is 4.20. The molecule has 0 unspecified atom stereocenters. The molecular weight excluding hydrogens is 174 g/mol. The van der Waals surface area contributed by atoms with Gasteiger partial charge < -0.3 is 0 Å². The maximum Gasteiger partial charge on any atom is 0.158 e. The van der Waals surface area contributed by atoms with Crippen molar-refractivity contribution in [3.8, 4) is 0 Å². The molecule has 3 nitrogen and oxygen atoms in total. The van der Waals surface area contributed by atoms with E-state index in [-0.39, 0.29) is 12.8 Å². The molecule has 2 aromatic rings. The van der Waals surface area contributed by atoms with Crippen molar-refractivity contribution in [2.45, 2.75) is 33.6 Å². The van der Waals surface area contributed by atoms with E-state index in [4.69, 9.17) is 0 Å². The average molecular weight is 191 g/mol. The van der Waals surface area contributed by atoms with Gasteiger partial charge in [0.1, 0.15) is 0 Å². The van der Waals surface area contributed by atoms with Crippen LogP contribution in [0.3, 0.4) is 0 Å². The SMILES string of the molecule is C.CC(C)(C)c1cnn2cccnc12. The van der Waals surface area contributed by atoms with Crippen molar-refractivity contribution >= 4 is 5.65 Å². The van der Waals surface area contributed by atoms with Crippen LogP contribution in [0.1, 0.15) is 33.8 Å². The zero-order valence-corrected chi connectivity index (χ0v) is 8.15. The molecule has 0 aliphatic carbocycles. The molecule has 0 aliphatic heterocycles. The van der Waals surface area contributed by atoms with E-state index in [1.54, 1.807) is 10.7 Å². The number of hydrogen-bond acceptors (Lipinski definition) is 2. The molecule has 3 heteroatoms. The second-order valence-corrected chi connectivity index (χ2v) is 4.20. The first-order chi connectivity index (χ1) is 6.09. The summed E-state index contributed by atoms with van der Waals surface area (Å²) < 4.78 is 1.81. The summed E-state index contributed by atoms with van der Waals surface area (Å²) in [5.41, 5.74) is 2.25. The Bertz CT molecular complexity index is 423. The summed E-state index contributed by atoms with van der Waals surface area (Å²) in [4.78, 5) is 4.31. The van der Waals surface area contributed by atoms with Crippen LogP contribution < -0.4 is 0 Å². The van der Waals surface area contributed by atoms with E-state index in [2.05, 4.69) is 30.9 Å². The van der Waals surface area contributed by atoms with E-state index in [0.717, 1.165) is 5.65 Å². The van der Waals surface area contributed by atoms with Crippen molar-refractivity contribution in [1.29, 1.82) is 0 Å². The number of fused-ring (bicyclic) bond motifs is 1. The van der Waals surface area contributed by atoms with Gasteiger partial charge in [-0.3, -0.25) is 0 Å². The highest BCUT2D eigenvalue weighted by Crippen LogP contribution is 2.24. The highest BCUT2D eigenvalue weighted by molar-refractivity contribution is 5.49. The predicted octanol–water partition coefficient (Wildman–Crippen LogP) is 2.66. The zero-order chi connectivity index (χ0) is 9.47. The minimum atomic E-state index is 0. The maximum atomic E-state index is 4.31. The van der Waals surface area contributed by atoms with Crippen molar-refractivity contribution in [3.05, 3.63) is 30.2 Å². The number of hydrogen-bond donors (Lipinski definition) is 0. The molecule has 0 N–H and O–H groups in total. The third-order valence-electron chi connectivity index (χ3n) is 2.09. The lowest BCUT2D eigenvalue weighted by atomic mass is 9.89. The van der Waals surface area contributed by atoms with Gasteiger partial charge in [0, 0.05) is 18.0 Å². The standard InChI is InChI=1S/C10H13N3.CH4/c1-10(2,3)8-7-12-13-6-4-5-11-9(8)13;/h4-7H,1-3H3;1H4. The van der Waals surface area contributed by atoms with E-state index >= 15 is 0 Å². The highest BCUT2D eigenvalue weighted by Gasteiger charge is 2.19. The minimum Gasteiger partial charge on any atom is -0.237 e. The van der Waals surface area contributed by atoms with Crippen LogP contribution in [0.2, 0.25) is 0 Å². The zero-order valence-electron chi connectivity index (χ0n) is 8.15. The van der Waals surface area contributed by atoms with Crippen LogP contribution in [-0.4, -0.2) is 14.6 Å². The first-order valence-corrected chi connectivity index (χ1v) is 4.38. The van der Waals surface area contributed by atoms with Crippen LogP contribution in [0.25, 0.3) is 5.65 Å². The largest absolute Gasteiger partial charge is 0.237 e. The quantitative estimate of drug-likeness (QED) is 0.641. The number of aromatic nitrogens is 3. The molecule has 2 aromatic heterocycles. The van der Waals surface area contributed by atoms with Crippen LogP contribution in [0.15, 0.2) is 24.7 Å². The van der Waals surface area contributed by atoms with E-state index in [1.165, 1.54) is 5.56 Å². The van der Waals surface area contributed by atoms with Gasteiger partial charge in [0.15, 0.2) is 5.65 Å². The molecule has 14 heavy (non-hydrogen) atoms. The summed E-state index contributed by atoms with van der Waals surface area (Å²) in [7, 11) is 0. The fourth-order valence-electron chi connectivity index (χ4n) is 1.36. The van der Waals surface area contributed by atoms with E-state index in [1.807, 2.05) is 18.5 Å². The molecule has 2 rings (SSSR count). The molecule has 0 bridgehead atoms.